The Bertz CT molecular complexity index is 336. The molecule has 1 aromatic rings. The van der Waals surface area contributed by atoms with Crippen molar-refractivity contribution in [3.8, 4) is 0 Å². The second kappa shape index (κ2) is 6.98. The summed E-state index contributed by atoms with van der Waals surface area (Å²) in [6.07, 6.45) is 0. The lowest BCUT2D eigenvalue weighted by Crippen LogP contribution is -2.11. The van der Waals surface area contributed by atoms with Gasteiger partial charge in [-0.25, -0.2) is 4.79 Å². The van der Waals surface area contributed by atoms with Crippen molar-refractivity contribution >= 4 is 5.97 Å². The van der Waals surface area contributed by atoms with E-state index in [0.29, 0.717) is 18.8 Å². The molecule has 1 aromatic carbocycles. The first-order valence-electron chi connectivity index (χ1n) is 5.23. The maximum absolute atomic E-state index is 11.5. The van der Waals surface area contributed by atoms with Gasteiger partial charge < -0.3 is 4.74 Å². The van der Waals surface area contributed by atoms with E-state index in [0.717, 1.165) is 5.56 Å². The average molecular weight is 224 g/mol. The number of aryl methyl sites for hydroxylation is 1. The molecule has 0 aliphatic carbocycles. The zero-order valence-electron chi connectivity index (χ0n) is 9.56. The van der Waals surface area contributed by atoms with E-state index in [1.165, 1.54) is 0 Å². The van der Waals surface area contributed by atoms with E-state index in [1.54, 1.807) is 12.1 Å². The van der Waals surface area contributed by atoms with Crippen molar-refractivity contribution in [1.82, 2.24) is 0 Å². The minimum atomic E-state index is -0.477. The number of carbonyl (C=O) groups is 1. The number of carbonyl (C=O) groups excluding carboxylic acids is 1. The summed E-state index contributed by atoms with van der Waals surface area (Å²) in [6, 6.07) is 7.19. The van der Waals surface area contributed by atoms with E-state index in [2.05, 4.69) is 4.89 Å². The van der Waals surface area contributed by atoms with Crippen molar-refractivity contribution in [3.63, 3.8) is 0 Å². The number of hydrogen-bond donors (Lipinski definition) is 0. The summed E-state index contributed by atoms with van der Waals surface area (Å²) in [4.78, 5) is 20.9. The highest BCUT2D eigenvalue weighted by Gasteiger charge is 2.10. The van der Waals surface area contributed by atoms with Crippen LogP contribution in [0, 0.1) is 6.92 Å². The van der Waals surface area contributed by atoms with Crippen LogP contribution < -0.4 is 0 Å². The number of hydrogen-bond acceptors (Lipinski definition) is 4. The quantitative estimate of drug-likeness (QED) is 0.422. The topological polar surface area (TPSA) is 44.8 Å². The van der Waals surface area contributed by atoms with Gasteiger partial charge in [0.2, 0.25) is 0 Å². The fourth-order valence-corrected chi connectivity index (χ4v) is 1.18. The summed E-state index contributed by atoms with van der Waals surface area (Å²) in [5, 5.41) is 0. The number of benzene rings is 1. The molecule has 1 rings (SSSR count). The predicted octanol–water partition coefficient (Wildman–Crippen LogP) is 2.12. The van der Waals surface area contributed by atoms with E-state index < -0.39 is 5.97 Å². The number of rotatable bonds is 6. The summed E-state index contributed by atoms with van der Waals surface area (Å²) in [5.74, 6) is -0.477. The molecule has 4 nitrogen and oxygen atoms in total. The molecular formula is C12H16O4. The van der Waals surface area contributed by atoms with Gasteiger partial charge in [0.05, 0.1) is 12.2 Å². The minimum Gasteiger partial charge on any atom is -0.379 e. The minimum absolute atomic E-state index is 0.242. The highest BCUT2D eigenvalue weighted by atomic mass is 17.2. The van der Waals surface area contributed by atoms with Crippen LogP contribution in [0.5, 0.6) is 0 Å². The second-order valence-corrected chi connectivity index (χ2v) is 3.20. The predicted molar refractivity (Wildman–Crippen MR) is 59.0 cm³/mol. The molecular weight excluding hydrogens is 208 g/mol. The fraction of sp³-hybridized carbons (Fsp3) is 0.417. The molecule has 0 fully saturated rings. The van der Waals surface area contributed by atoms with Crippen LogP contribution in [0.15, 0.2) is 24.3 Å². The molecule has 4 heteroatoms. The third-order valence-electron chi connectivity index (χ3n) is 2.01. The van der Waals surface area contributed by atoms with Crippen LogP contribution in [0.4, 0.5) is 0 Å². The highest BCUT2D eigenvalue weighted by Crippen LogP contribution is 2.08. The lowest BCUT2D eigenvalue weighted by atomic mass is 10.1. The van der Waals surface area contributed by atoms with Gasteiger partial charge in [-0.2, -0.15) is 4.89 Å². The third-order valence-corrected chi connectivity index (χ3v) is 2.01. The van der Waals surface area contributed by atoms with E-state index in [1.807, 2.05) is 26.0 Å². The fourth-order valence-electron chi connectivity index (χ4n) is 1.18. The molecule has 0 bridgehead atoms. The Kier molecular flexibility index (Phi) is 5.53. The Labute approximate surface area is 95.1 Å². The van der Waals surface area contributed by atoms with Gasteiger partial charge in [0.15, 0.2) is 0 Å². The van der Waals surface area contributed by atoms with Gasteiger partial charge in [0, 0.05) is 6.61 Å². The van der Waals surface area contributed by atoms with E-state index in [4.69, 9.17) is 9.62 Å². The summed E-state index contributed by atoms with van der Waals surface area (Å²) in [7, 11) is 0. The van der Waals surface area contributed by atoms with Gasteiger partial charge in [-0.15, -0.1) is 0 Å². The first-order valence-corrected chi connectivity index (χ1v) is 5.23. The van der Waals surface area contributed by atoms with Gasteiger partial charge in [-0.05, 0) is 25.5 Å². The van der Waals surface area contributed by atoms with Crippen molar-refractivity contribution in [3.05, 3.63) is 35.4 Å². The Balaban J connectivity index is 2.33. The molecule has 0 heterocycles. The van der Waals surface area contributed by atoms with Crippen LogP contribution in [0.2, 0.25) is 0 Å². The van der Waals surface area contributed by atoms with Crippen LogP contribution in [0.1, 0.15) is 22.8 Å². The van der Waals surface area contributed by atoms with Gasteiger partial charge in [0.25, 0.3) is 0 Å². The summed E-state index contributed by atoms with van der Waals surface area (Å²) in [5.41, 5.74) is 1.37. The normalized spacial score (nSPS) is 10.1. The summed E-state index contributed by atoms with van der Waals surface area (Å²) >= 11 is 0. The Morgan fingerprint density at radius 1 is 1.25 bits per heavy atom. The van der Waals surface area contributed by atoms with Gasteiger partial charge >= 0.3 is 5.97 Å². The molecule has 0 aliphatic rings. The molecule has 0 amide bonds. The monoisotopic (exact) mass is 224 g/mol. The van der Waals surface area contributed by atoms with Crippen LogP contribution >= 0.6 is 0 Å². The van der Waals surface area contributed by atoms with Crippen LogP contribution in [0.25, 0.3) is 0 Å². The molecule has 16 heavy (non-hydrogen) atoms. The molecule has 0 unspecified atom stereocenters. The Morgan fingerprint density at radius 3 is 2.69 bits per heavy atom. The Hall–Kier alpha value is -1.39. The van der Waals surface area contributed by atoms with Crippen LogP contribution in [-0.4, -0.2) is 25.8 Å². The van der Waals surface area contributed by atoms with Crippen molar-refractivity contribution in [1.29, 1.82) is 0 Å². The highest BCUT2D eigenvalue weighted by molar-refractivity contribution is 5.90. The van der Waals surface area contributed by atoms with E-state index in [9.17, 15) is 4.79 Å². The van der Waals surface area contributed by atoms with Crippen molar-refractivity contribution in [2.45, 2.75) is 13.8 Å². The van der Waals surface area contributed by atoms with E-state index in [-0.39, 0.29) is 6.61 Å². The maximum Gasteiger partial charge on any atom is 0.373 e. The van der Waals surface area contributed by atoms with Gasteiger partial charge in [0.1, 0.15) is 6.61 Å². The summed E-state index contributed by atoms with van der Waals surface area (Å²) < 4.78 is 5.03. The standard InChI is InChI=1S/C12H16O4/c1-3-14-8-9-15-16-12(13)11-7-5-4-6-10(11)2/h4-7H,3,8-9H2,1-2H3. The average Bonchev–Trinajstić information content (AvgIpc) is 2.29. The first-order chi connectivity index (χ1) is 7.75. The van der Waals surface area contributed by atoms with Crippen molar-refractivity contribution in [2.24, 2.45) is 0 Å². The molecule has 88 valence electrons. The zero-order valence-corrected chi connectivity index (χ0v) is 9.56. The largest absolute Gasteiger partial charge is 0.379 e. The zero-order chi connectivity index (χ0) is 11.8. The molecule has 0 aliphatic heterocycles. The number of ether oxygens (including phenoxy) is 1. The lowest BCUT2D eigenvalue weighted by Gasteiger charge is -2.05. The molecule has 0 aromatic heterocycles. The van der Waals surface area contributed by atoms with Crippen molar-refractivity contribution < 1.29 is 19.3 Å². The van der Waals surface area contributed by atoms with Gasteiger partial charge in [-0.1, -0.05) is 18.2 Å². The Morgan fingerprint density at radius 2 is 2.00 bits per heavy atom. The third kappa shape index (κ3) is 4.00. The molecule has 0 saturated carbocycles. The smallest absolute Gasteiger partial charge is 0.373 e. The summed E-state index contributed by atoms with van der Waals surface area (Å²) in [6.45, 7) is 5.01. The SMILES string of the molecule is CCOCCOOC(=O)c1ccccc1C. The first kappa shape index (κ1) is 12.7. The molecule has 0 saturated heterocycles. The van der Waals surface area contributed by atoms with Crippen molar-refractivity contribution in [2.75, 3.05) is 19.8 Å². The van der Waals surface area contributed by atoms with Crippen LogP contribution in [-0.2, 0) is 14.5 Å². The molecule has 0 radical (unpaired) electrons. The molecule has 0 N–H and O–H groups in total. The lowest BCUT2D eigenvalue weighted by molar-refractivity contribution is -0.247. The molecule has 0 spiro atoms. The van der Waals surface area contributed by atoms with E-state index >= 15 is 0 Å². The van der Waals surface area contributed by atoms with Crippen LogP contribution in [0.3, 0.4) is 0 Å². The van der Waals surface area contributed by atoms with Gasteiger partial charge in [-0.3, -0.25) is 4.89 Å². The maximum atomic E-state index is 11.5. The second-order valence-electron chi connectivity index (χ2n) is 3.20. The molecule has 0 atom stereocenters.